The summed E-state index contributed by atoms with van der Waals surface area (Å²) in [5.74, 6) is -4.92. The summed E-state index contributed by atoms with van der Waals surface area (Å²) in [4.78, 5) is 0. The van der Waals surface area contributed by atoms with Gasteiger partial charge in [-0.1, -0.05) is 23.5 Å². The minimum Gasteiger partial charge on any atom is -0.591 e. The molecule has 1 aromatic carbocycles. The lowest BCUT2D eigenvalue weighted by molar-refractivity contribution is -0.124. The van der Waals surface area contributed by atoms with Gasteiger partial charge in [-0.05, 0) is 45.2 Å². The van der Waals surface area contributed by atoms with Crippen molar-refractivity contribution in [1.82, 2.24) is 0 Å². The Bertz CT molecular complexity index is 625. The van der Waals surface area contributed by atoms with Crippen LogP contribution in [0.25, 0.3) is 0 Å². The van der Waals surface area contributed by atoms with Crippen molar-refractivity contribution < 1.29 is 22.5 Å². The zero-order chi connectivity index (χ0) is 18.8. The van der Waals surface area contributed by atoms with E-state index in [1.807, 2.05) is 0 Å². The van der Waals surface area contributed by atoms with Gasteiger partial charge in [-0.3, -0.25) is 0 Å². The summed E-state index contributed by atoms with van der Waals surface area (Å²) < 4.78 is 64.4. The first-order valence-corrected chi connectivity index (χ1v) is 9.40. The van der Waals surface area contributed by atoms with Crippen LogP contribution < -0.4 is 0 Å². The second-order valence-corrected chi connectivity index (χ2v) is 9.17. The molecule has 7 heteroatoms. The Hall–Kier alpha value is -1.05. The molecule has 3 nitrogen and oxygen atoms in total. The van der Waals surface area contributed by atoms with Gasteiger partial charge < -0.3 is 9.29 Å². The molecular formula is C18H24F3NO2S. The molecule has 0 saturated carbocycles. The fourth-order valence-electron chi connectivity index (χ4n) is 2.58. The molecule has 0 bridgehead atoms. The maximum Gasteiger partial charge on any atom is 0.301 e. The fraction of sp³-hybridized carbons (Fsp3) is 0.611. The van der Waals surface area contributed by atoms with Crippen LogP contribution in [0.1, 0.15) is 57.6 Å². The maximum atomic E-state index is 14.8. The maximum absolute atomic E-state index is 14.8. The van der Waals surface area contributed by atoms with Gasteiger partial charge in [0.15, 0.2) is 0 Å². The zero-order valence-corrected chi connectivity index (χ0v) is 15.7. The van der Waals surface area contributed by atoms with E-state index in [1.165, 1.54) is 18.3 Å². The molecule has 1 heterocycles. The van der Waals surface area contributed by atoms with E-state index in [4.69, 9.17) is 4.74 Å². The van der Waals surface area contributed by atoms with Gasteiger partial charge in [0.25, 0.3) is 0 Å². The molecule has 1 aromatic rings. The SMILES string of the molecule is CC(/C=N\[S@+]([O-])C(C)(C)C)c1cccc(C(F)(F)[C@@H]2CCCO2)c1F. The molecule has 0 aromatic heterocycles. The number of hydrogen-bond acceptors (Lipinski definition) is 3. The Morgan fingerprint density at radius 2 is 2.04 bits per heavy atom. The third-order valence-corrected chi connectivity index (χ3v) is 5.48. The molecule has 1 aliphatic rings. The van der Waals surface area contributed by atoms with E-state index >= 15 is 0 Å². The Labute approximate surface area is 150 Å². The van der Waals surface area contributed by atoms with Crippen LogP contribution in [0.5, 0.6) is 0 Å². The average molecular weight is 375 g/mol. The first kappa shape index (κ1) is 20.3. The van der Waals surface area contributed by atoms with Crippen molar-refractivity contribution in [2.24, 2.45) is 4.40 Å². The molecule has 0 spiro atoms. The van der Waals surface area contributed by atoms with Crippen molar-refractivity contribution in [3.8, 4) is 0 Å². The highest BCUT2D eigenvalue weighted by molar-refractivity contribution is 7.91. The second-order valence-electron chi connectivity index (χ2n) is 7.24. The van der Waals surface area contributed by atoms with Crippen molar-refractivity contribution in [2.45, 2.75) is 63.2 Å². The minimum atomic E-state index is -3.39. The number of hydrogen-bond donors (Lipinski definition) is 0. The molecule has 1 saturated heterocycles. The smallest absolute Gasteiger partial charge is 0.301 e. The molecule has 3 atom stereocenters. The van der Waals surface area contributed by atoms with Crippen molar-refractivity contribution in [3.05, 3.63) is 35.1 Å². The number of ether oxygens (including phenoxy) is 1. The quantitative estimate of drug-likeness (QED) is 0.551. The van der Waals surface area contributed by atoms with E-state index in [0.29, 0.717) is 6.42 Å². The van der Waals surface area contributed by atoms with Crippen LogP contribution in [-0.4, -0.2) is 28.2 Å². The highest BCUT2D eigenvalue weighted by Crippen LogP contribution is 2.40. The molecule has 1 aliphatic heterocycles. The molecular weight excluding hydrogens is 351 g/mol. The van der Waals surface area contributed by atoms with E-state index in [-0.39, 0.29) is 18.6 Å². The van der Waals surface area contributed by atoms with E-state index in [1.54, 1.807) is 27.7 Å². The van der Waals surface area contributed by atoms with E-state index in [2.05, 4.69) is 4.40 Å². The zero-order valence-electron chi connectivity index (χ0n) is 14.9. The molecule has 0 N–H and O–H groups in total. The van der Waals surface area contributed by atoms with Gasteiger partial charge in [0.05, 0.1) is 11.8 Å². The molecule has 1 unspecified atom stereocenters. The molecule has 0 amide bonds. The van der Waals surface area contributed by atoms with Gasteiger partial charge in [-0.2, -0.15) is 8.78 Å². The standard InChI is InChI=1S/C18H24F3NO2S/c1-12(11-22-25(23)17(2,3)4)13-7-5-8-14(16(13)19)18(20,21)15-9-6-10-24-15/h5,7-8,11-12,15H,6,9-10H2,1-4H3/b22-11-/t12?,15-,25+/m0/s1. The van der Waals surface area contributed by atoms with Crippen molar-refractivity contribution in [3.63, 3.8) is 0 Å². The highest BCUT2D eigenvalue weighted by Gasteiger charge is 2.46. The lowest BCUT2D eigenvalue weighted by Crippen LogP contribution is -2.31. The minimum absolute atomic E-state index is 0.102. The van der Waals surface area contributed by atoms with Crippen LogP contribution in [0.2, 0.25) is 0 Å². The molecule has 2 rings (SSSR count). The highest BCUT2D eigenvalue weighted by atomic mass is 32.2. The van der Waals surface area contributed by atoms with Crippen LogP contribution in [0.4, 0.5) is 13.2 Å². The number of halogens is 3. The topological polar surface area (TPSA) is 44.7 Å². The van der Waals surface area contributed by atoms with Crippen LogP contribution in [0, 0.1) is 5.82 Å². The molecule has 0 aliphatic carbocycles. The van der Waals surface area contributed by atoms with Gasteiger partial charge in [0, 0.05) is 12.5 Å². The van der Waals surface area contributed by atoms with Crippen LogP contribution in [0.15, 0.2) is 22.6 Å². The van der Waals surface area contributed by atoms with Gasteiger partial charge >= 0.3 is 5.92 Å². The predicted molar refractivity (Wildman–Crippen MR) is 94.1 cm³/mol. The Morgan fingerprint density at radius 1 is 1.36 bits per heavy atom. The van der Waals surface area contributed by atoms with Crippen LogP contribution >= 0.6 is 0 Å². The number of nitrogens with zero attached hydrogens (tertiary/aromatic N) is 1. The predicted octanol–water partition coefficient (Wildman–Crippen LogP) is 4.73. The second kappa shape index (κ2) is 7.68. The van der Waals surface area contributed by atoms with Gasteiger partial charge in [0.2, 0.25) is 0 Å². The first-order valence-electron chi connectivity index (χ1n) is 8.29. The number of alkyl halides is 2. The molecule has 1 fully saturated rings. The van der Waals surface area contributed by atoms with Crippen molar-refractivity contribution in [1.29, 1.82) is 0 Å². The summed E-state index contributed by atoms with van der Waals surface area (Å²) in [5.41, 5.74) is -0.557. The van der Waals surface area contributed by atoms with E-state index in [9.17, 15) is 17.7 Å². The third kappa shape index (κ3) is 4.57. The molecule has 0 radical (unpaired) electrons. The molecule has 140 valence electrons. The van der Waals surface area contributed by atoms with Crippen molar-refractivity contribution in [2.75, 3.05) is 6.61 Å². The Balaban J connectivity index is 2.27. The van der Waals surface area contributed by atoms with Gasteiger partial charge in [0.1, 0.15) is 28.0 Å². The summed E-state index contributed by atoms with van der Waals surface area (Å²) in [6.07, 6.45) is 0.810. The lowest BCUT2D eigenvalue weighted by atomic mass is 9.94. The van der Waals surface area contributed by atoms with E-state index in [0.717, 1.165) is 6.07 Å². The summed E-state index contributed by atoms with van der Waals surface area (Å²) >= 11 is -1.48. The average Bonchev–Trinajstić information content (AvgIpc) is 3.06. The molecule has 25 heavy (non-hydrogen) atoms. The first-order chi connectivity index (χ1) is 11.5. The van der Waals surface area contributed by atoms with Gasteiger partial charge in [-0.25, -0.2) is 4.39 Å². The number of rotatable bonds is 5. The largest absolute Gasteiger partial charge is 0.591 e. The normalized spacial score (nSPS) is 21.7. The Kier molecular flexibility index (Phi) is 6.22. The summed E-state index contributed by atoms with van der Waals surface area (Å²) in [5, 5.41) is 0. The summed E-state index contributed by atoms with van der Waals surface area (Å²) in [6.45, 7) is 7.22. The van der Waals surface area contributed by atoms with Crippen LogP contribution in [0.3, 0.4) is 0 Å². The monoisotopic (exact) mass is 375 g/mol. The Morgan fingerprint density at radius 3 is 2.60 bits per heavy atom. The summed E-state index contributed by atoms with van der Waals surface area (Å²) in [7, 11) is 0. The fourth-order valence-corrected chi connectivity index (χ4v) is 3.19. The van der Waals surface area contributed by atoms with Gasteiger partial charge in [-0.15, -0.1) is 0 Å². The lowest BCUT2D eigenvalue weighted by Gasteiger charge is -2.24. The summed E-state index contributed by atoms with van der Waals surface area (Å²) in [6, 6.07) is 3.94. The van der Waals surface area contributed by atoms with E-state index < -0.39 is 45.4 Å². The third-order valence-electron chi connectivity index (χ3n) is 4.12. The van der Waals surface area contributed by atoms with Crippen molar-refractivity contribution >= 4 is 17.6 Å². The number of benzene rings is 1. The van der Waals surface area contributed by atoms with Crippen LogP contribution in [-0.2, 0) is 22.0 Å².